The first-order valence-corrected chi connectivity index (χ1v) is 13.2. The van der Waals surface area contributed by atoms with Crippen molar-refractivity contribution in [2.75, 3.05) is 0 Å². The third-order valence-electron chi connectivity index (χ3n) is 7.43. The first-order valence-electron chi connectivity index (χ1n) is 13.2. The molecule has 7 atom stereocenters. The van der Waals surface area contributed by atoms with Crippen molar-refractivity contribution in [2.24, 2.45) is 23.2 Å². The van der Waals surface area contributed by atoms with E-state index in [1.807, 2.05) is 13.8 Å². The fourth-order valence-corrected chi connectivity index (χ4v) is 5.52. The van der Waals surface area contributed by atoms with Gasteiger partial charge in [-0.1, -0.05) is 39.0 Å². The summed E-state index contributed by atoms with van der Waals surface area (Å²) in [4.78, 5) is 62.7. The third-order valence-corrected chi connectivity index (χ3v) is 7.43. The number of hydrogen-bond acceptors (Lipinski definition) is 9. The Kier molecular flexibility index (Phi) is 10.1. The first kappa shape index (κ1) is 31.2. The zero-order valence-corrected chi connectivity index (χ0v) is 24.0. The van der Waals surface area contributed by atoms with Crippen LogP contribution in [-0.2, 0) is 42.9 Å². The minimum absolute atomic E-state index is 0.0662. The predicted molar refractivity (Wildman–Crippen MR) is 139 cm³/mol. The highest BCUT2D eigenvalue weighted by Crippen LogP contribution is 2.51. The summed E-state index contributed by atoms with van der Waals surface area (Å²) in [5, 5.41) is 0. The van der Waals surface area contributed by atoms with Crippen molar-refractivity contribution in [2.45, 2.75) is 105 Å². The summed E-state index contributed by atoms with van der Waals surface area (Å²) in [5.74, 6) is -3.78. The second-order valence-electron chi connectivity index (χ2n) is 11.2. The highest BCUT2D eigenvalue weighted by atomic mass is 16.6. The molecular weight excluding hydrogens is 492 g/mol. The fourth-order valence-electron chi connectivity index (χ4n) is 5.52. The van der Waals surface area contributed by atoms with E-state index >= 15 is 0 Å². The Hall–Kier alpha value is -2.97. The molecule has 1 fully saturated rings. The molecular formula is C29H42O9. The van der Waals surface area contributed by atoms with E-state index in [0.717, 1.165) is 0 Å². The Morgan fingerprint density at radius 1 is 0.974 bits per heavy atom. The molecule has 212 valence electrons. The molecule has 0 heterocycles. The largest absolute Gasteiger partial charge is 0.461 e. The molecule has 0 radical (unpaired) electrons. The molecule has 0 aliphatic heterocycles. The molecule has 7 unspecified atom stereocenters. The van der Waals surface area contributed by atoms with Crippen LogP contribution in [0.5, 0.6) is 0 Å². The van der Waals surface area contributed by atoms with Gasteiger partial charge in [0, 0.05) is 44.9 Å². The summed E-state index contributed by atoms with van der Waals surface area (Å²) in [6.45, 7) is 14.5. The third kappa shape index (κ3) is 7.11. The highest BCUT2D eigenvalue weighted by Gasteiger charge is 2.62. The smallest absolute Gasteiger partial charge is 0.305 e. The zero-order chi connectivity index (χ0) is 29.0. The summed E-state index contributed by atoms with van der Waals surface area (Å²) in [7, 11) is 0. The Bertz CT molecular complexity index is 1010. The molecule has 2 aliphatic rings. The molecule has 0 aromatic rings. The topological polar surface area (TPSA) is 122 Å². The number of fused-ring (bicyclic) bond motifs is 1. The molecule has 0 saturated heterocycles. The van der Waals surface area contributed by atoms with E-state index in [1.165, 1.54) is 20.8 Å². The predicted octanol–water partition coefficient (Wildman–Crippen LogP) is 4.27. The standard InChI is InChI=1S/C29H42O9/c1-10-25(34)37-26-18(4)15-29(38-21(7)32)22(26)13-17(3)23(35-19(5)30)14-24(33)28(8,9)12-11-16(2)27(29)36-20(6)31/h11-13,16,18,22-23,26-27H,10,14-15H2,1-9H3. The second kappa shape index (κ2) is 12.3. The number of esters is 4. The average Bonchev–Trinajstić information content (AvgIpc) is 3.04. The van der Waals surface area contributed by atoms with Gasteiger partial charge in [-0.2, -0.15) is 0 Å². The van der Waals surface area contributed by atoms with Crippen LogP contribution in [0.3, 0.4) is 0 Å². The van der Waals surface area contributed by atoms with Crippen LogP contribution in [0, 0.1) is 23.2 Å². The second-order valence-corrected chi connectivity index (χ2v) is 11.2. The van der Waals surface area contributed by atoms with Crippen molar-refractivity contribution in [3.8, 4) is 0 Å². The minimum Gasteiger partial charge on any atom is -0.461 e. The van der Waals surface area contributed by atoms with Gasteiger partial charge < -0.3 is 18.9 Å². The van der Waals surface area contributed by atoms with Crippen LogP contribution in [-0.4, -0.2) is 53.6 Å². The number of ketones is 1. The van der Waals surface area contributed by atoms with E-state index in [4.69, 9.17) is 18.9 Å². The number of Topliss-reactive ketones (excluding diaryl/α,β-unsaturated/α-hetero) is 1. The monoisotopic (exact) mass is 534 g/mol. The van der Waals surface area contributed by atoms with Crippen LogP contribution in [0.1, 0.15) is 81.6 Å². The first-order chi connectivity index (χ1) is 17.5. The minimum atomic E-state index is -1.39. The maximum absolute atomic E-state index is 13.3. The van der Waals surface area contributed by atoms with Gasteiger partial charge in [-0.25, -0.2) is 0 Å². The molecule has 9 nitrogen and oxygen atoms in total. The molecule has 2 rings (SSSR count). The lowest BCUT2D eigenvalue weighted by molar-refractivity contribution is -0.196. The lowest BCUT2D eigenvalue weighted by atomic mass is 9.75. The van der Waals surface area contributed by atoms with Crippen molar-refractivity contribution >= 4 is 29.7 Å². The summed E-state index contributed by atoms with van der Waals surface area (Å²) < 4.78 is 23.4. The lowest BCUT2D eigenvalue weighted by Crippen LogP contribution is -2.55. The molecule has 0 aromatic carbocycles. The van der Waals surface area contributed by atoms with E-state index < -0.39 is 65.0 Å². The SMILES string of the molecule is CCC(=O)OC1C(C)CC2(OC(C)=O)C1C=C(C)C(OC(C)=O)CC(=O)C(C)(C)C=CC(C)C2OC(C)=O. The van der Waals surface area contributed by atoms with E-state index in [0.29, 0.717) is 5.57 Å². The van der Waals surface area contributed by atoms with Gasteiger partial charge in [0.15, 0.2) is 5.60 Å². The van der Waals surface area contributed by atoms with Crippen LogP contribution < -0.4 is 0 Å². The highest BCUT2D eigenvalue weighted by molar-refractivity contribution is 5.87. The van der Waals surface area contributed by atoms with Gasteiger partial charge >= 0.3 is 23.9 Å². The summed E-state index contributed by atoms with van der Waals surface area (Å²) in [6.07, 6.45) is 3.04. The van der Waals surface area contributed by atoms with Crippen molar-refractivity contribution in [3.63, 3.8) is 0 Å². The molecule has 0 aromatic heterocycles. The zero-order valence-electron chi connectivity index (χ0n) is 24.0. The Balaban J connectivity index is 2.90. The van der Waals surface area contributed by atoms with Crippen LogP contribution in [0.15, 0.2) is 23.8 Å². The molecule has 1 saturated carbocycles. The van der Waals surface area contributed by atoms with Crippen molar-refractivity contribution in [3.05, 3.63) is 23.8 Å². The van der Waals surface area contributed by atoms with Gasteiger partial charge in [-0.05, 0) is 38.7 Å². The van der Waals surface area contributed by atoms with E-state index in [9.17, 15) is 24.0 Å². The molecule has 0 amide bonds. The van der Waals surface area contributed by atoms with Gasteiger partial charge in [-0.15, -0.1) is 0 Å². The number of carbonyl (C=O) groups excluding carboxylic acids is 5. The van der Waals surface area contributed by atoms with Crippen LogP contribution >= 0.6 is 0 Å². The molecule has 38 heavy (non-hydrogen) atoms. The Morgan fingerprint density at radius 2 is 1.58 bits per heavy atom. The van der Waals surface area contributed by atoms with Gasteiger partial charge in [0.25, 0.3) is 0 Å². The number of ether oxygens (including phenoxy) is 4. The summed E-state index contributed by atoms with van der Waals surface area (Å²) in [6, 6.07) is 0. The van der Waals surface area contributed by atoms with Crippen molar-refractivity contribution < 1.29 is 42.9 Å². The lowest BCUT2D eigenvalue weighted by Gasteiger charge is -2.43. The van der Waals surface area contributed by atoms with Gasteiger partial charge in [0.05, 0.1) is 5.92 Å². The van der Waals surface area contributed by atoms with Crippen LogP contribution in [0.2, 0.25) is 0 Å². The normalized spacial score (nSPS) is 33.1. The molecule has 0 spiro atoms. The Labute approximate surface area is 225 Å². The number of hydrogen-bond donors (Lipinski definition) is 0. The van der Waals surface area contributed by atoms with Crippen molar-refractivity contribution in [1.29, 1.82) is 0 Å². The number of rotatable bonds is 5. The molecule has 9 heteroatoms. The van der Waals surface area contributed by atoms with Crippen LogP contribution in [0.25, 0.3) is 0 Å². The van der Waals surface area contributed by atoms with E-state index in [1.54, 1.807) is 45.9 Å². The number of allylic oxidation sites excluding steroid dienone is 1. The Morgan fingerprint density at radius 3 is 2.11 bits per heavy atom. The summed E-state index contributed by atoms with van der Waals surface area (Å²) >= 11 is 0. The average molecular weight is 535 g/mol. The maximum Gasteiger partial charge on any atom is 0.305 e. The van der Waals surface area contributed by atoms with E-state index in [2.05, 4.69) is 0 Å². The maximum atomic E-state index is 13.3. The van der Waals surface area contributed by atoms with Crippen LogP contribution in [0.4, 0.5) is 0 Å². The molecule has 2 aliphatic carbocycles. The number of carbonyl (C=O) groups is 5. The fraction of sp³-hybridized carbons (Fsp3) is 0.690. The molecule has 0 bridgehead atoms. The molecule has 0 N–H and O–H groups in total. The van der Waals surface area contributed by atoms with Gasteiger partial charge in [-0.3, -0.25) is 24.0 Å². The van der Waals surface area contributed by atoms with Gasteiger partial charge in [0.2, 0.25) is 0 Å². The van der Waals surface area contributed by atoms with Crippen molar-refractivity contribution in [1.82, 2.24) is 0 Å². The quantitative estimate of drug-likeness (QED) is 0.289. The summed E-state index contributed by atoms with van der Waals surface area (Å²) in [5.41, 5.74) is -1.77. The van der Waals surface area contributed by atoms with E-state index in [-0.39, 0.29) is 31.0 Å². The van der Waals surface area contributed by atoms with Gasteiger partial charge in [0.1, 0.15) is 24.1 Å².